The van der Waals surface area contributed by atoms with Gasteiger partial charge in [0, 0.05) is 4.70 Å². The van der Waals surface area contributed by atoms with E-state index in [1.807, 2.05) is 16.7 Å². The van der Waals surface area contributed by atoms with Gasteiger partial charge in [-0.15, -0.1) is 11.3 Å². The van der Waals surface area contributed by atoms with Crippen LogP contribution in [0.2, 0.25) is 0 Å². The molecule has 3 heterocycles. The molecule has 21 heavy (non-hydrogen) atoms. The van der Waals surface area contributed by atoms with Gasteiger partial charge in [-0.25, -0.2) is 4.98 Å². The van der Waals surface area contributed by atoms with E-state index in [-0.39, 0.29) is 11.5 Å². The van der Waals surface area contributed by atoms with Crippen molar-refractivity contribution in [2.24, 2.45) is 0 Å². The third-order valence-electron chi connectivity index (χ3n) is 3.39. The Kier molecular flexibility index (Phi) is 2.55. The lowest BCUT2D eigenvalue weighted by atomic mass is 10.2. The van der Waals surface area contributed by atoms with Gasteiger partial charge in [0.1, 0.15) is 0 Å². The summed E-state index contributed by atoms with van der Waals surface area (Å²) in [6.07, 6.45) is 1.62. The summed E-state index contributed by atoms with van der Waals surface area (Å²) in [7, 11) is 0. The van der Waals surface area contributed by atoms with Gasteiger partial charge in [-0.2, -0.15) is 4.98 Å². The first-order valence-corrected chi connectivity index (χ1v) is 7.26. The molecule has 4 rings (SSSR count). The summed E-state index contributed by atoms with van der Waals surface area (Å²) in [5, 5.41) is 3.33. The highest BCUT2D eigenvalue weighted by Gasteiger charge is 2.11. The van der Waals surface area contributed by atoms with Gasteiger partial charge in [0.25, 0.3) is 5.56 Å². The van der Waals surface area contributed by atoms with Crippen LogP contribution in [0, 0.1) is 0 Å². The summed E-state index contributed by atoms with van der Waals surface area (Å²) in [5.74, 6) is 0.101. The largest absolute Gasteiger partial charge is 0.369 e. The maximum Gasteiger partial charge on any atom is 0.280 e. The first kappa shape index (κ1) is 12.1. The number of hydrogen-bond donors (Lipinski definition) is 2. The van der Waals surface area contributed by atoms with E-state index in [1.165, 1.54) is 15.6 Å². The smallest absolute Gasteiger partial charge is 0.280 e. The summed E-state index contributed by atoms with van der Waals surface area (Å²) >= 11 is 1.70. The zero-order valence-electron chi connectivity index (χ0n) is 10.9. The van der Waals surface area contributed by atoms with E-state index in [0.29, 0.717) is 17.7 Å². The summed E-state index contributed by atoms with van der Waals surface area (Å²) in [4.78, 5) is 22.5. The number of aromatic amines is 1. The molecule has 104 valence electrons. The van der Waals surface area contributed by atoms with Gasteiger partial charge in [0.2, 0.25) is 5.95 Å². The lowest BCUT2D eigenvalue weighted by Crippen LogP contribution is -2.12. The Labute approximate surface area is 122 Å². The second-order valence-electron chi connectivity index (χ2n) is 4.75. The summed E-state index contributed by atoms with van der Waals surface area (Å²) < 4.78 is 3.08. The number of H-pyrrole nitrogens is 1. The van der Waals surface area contributed by atoms with Crippen molar-refractivity contribution in [3.05, 3.63) is 51.9 Å². The number of nitrogen functional groups attached to an aromatic ring is 1. The van der Waals surface area contributed by atoms with Crippen LogP contribution in [-0.4, -0.2) is 19.5 Å². The number of hydrogen-bond acceptors (Lipinski definition) is 5. The minimum absolute atomic E-state index is 0.101. The standard InChI is InChI=1S/C14H11N5OS/c15-14-17-12-11(13(20)18-14)16-7-19(12)5-8-6-21-10-4-2-1-3-9(8)10/h1-4,6-7H,5H2,(H3,15,17,18,20). The Hall–Kier alpha value is -2.67. The fraction of sp³-hybridized carbons (Fsp3) is 0.0714. The molecule has 0 aliphatic carbocycles. The van der Waals surface area contributed by atoms with E-state index < -0.39 is 0 Å². The van der Waals surface area contributed by atoms with Crippen LogP contribution in [0.3, 0.4) is 0 Å². The van der Waals surface area contributed by atoms with Crippen molar-refractivity contribution in [3.63, 3.8) is 0 Å². The van der Waals surface area contributed by atoms with Crippen LogP contribution in [0.15, 0.2) is 40.8 Å². The number of nitrogens with zero attached hydrogens (tertiary/aromatic N) is 3. The van der Waals surface area contributed by atoms with Crippen molar-refractivity contribution in [2.45, 2.75) is 6.54 Å². The highest BCUT2D eigenvalue weighted by Crippen LogP contribution is 2.26. The monoisotopic (exact) mass is 297 g/mol. The van der Waals surface area contributed by atoms with E-state index in [9.17, 15) is 4.79 Å². The zero-order chi connectivity index (χ0) is 14.4. The van der Waals surface area contributed by atoms with Crippen LogP contribution in [0.25, 0.3) is 21.3 Å². The van der Waals surface area contributed by atoms with Crippen molar-refractivity contribution in [1.82, 2.24) is 19.5 Å². The molecule has 0 unspecified atom stereocenters. The first-order chi connectivity index (χ1) is 10.2. The molecule has 0 radical (unpaired) electrons. The summed E-state index contributed by atoms with van der Waals surface area (Å²) in [6.45, 7) is 0.608. The summed E-state index contributed by atoms with van der Waals surface area (Å²) in [5.41, 5.74) is 7.29. The van der Waals surface area contributed by atoms with Gasteiger partial charge < -0.3 is 10.3 Å². The van der Waals surface area contributed by atoms with Crippen LogP contribution < -0.4 is 11.3 Å². The number of thiophene rings is 1. The Bertz CT molecular complexity index is 1010. The van der Waals surface area contributed by atoms with Crippen molar-refractivity contribution in [3.8, 4) is 0 Å². The second-order valence-corrected chi connectivity index (χ2v) is 5.66. The SMILES string of the molecule is Nc1nc2c(ncn2Cc2csc3ccccc23)c(=O)[nH]1. The van der Waals surface area contributed by atoms with Crippen molar-refractivity contribution in [2.75, 3.05) is 5.73 Å². The minimum Gasteiger partial charge on any atom is -0.369 e. The third-order valence-corrected chi connectivity index (χ3v) is 4.41. The van der Waals surface area contributed by atoms with Gasteiger partial charge in [-0.05, 0) is 22.4 Å². The minimum atomic E-state index is -0.313. The van der Waals surface area contributed by atoms with Crippen molar-refractivity contribution in [1.29, 1.82) is 0 Å². The van der Waals surface area contributed by atoms with Gasteiger partial charge >= 0.3 is 0 Å². The molecule has 1 aromatic carbocycles. The second kappa shape index (κ2) is 4.42. The molecule has 0 saturated carbocycles. The number of nitrogens with one attached hydrogen (secondary N) is 1. The van der Waals surface area contributed by atoms with Gasteiger partial charge in [0.15, 0.2) is 11.2 Å². The van der Waals surface area contributed by atoms with Gasteiger partial charge in [0.05, 0.1) is 12.9 Å². The van der Waals surface area contributed by atoms with E-state index in [0.717, 1.165) is 0 Å². The molecule has 0 fully saturated rings. The number of fused-ring (bicyclic) bond motifs is 2. The molecule has 0 spiro atoms. The van der Waals surface area contributed by atoms with E-state index in [4.69, 9.17) is 5.73 Å². The molecule has 0 aliphatic rings. The fourth-order valence-corrected chi connectivity index (χ4v) is 3.38. The predicted molar refractivity (Wildman–Crippen MR) is 83.5 cm³/mol. The number of aromatic nitrogens is 4. The molecule has 3 aromatic heterocycles. The maximum atomic E-state index is 11.8. The molecular weight excluding hydrogens is 286 g/mol. The van der Waals surface area contributed by atoms with Crippen LogP contribution in [0.1, 0.15) is 5.56 Å². The molecule has 0 bridgehead atoms. The highest BCUT2D eigenvalue weighted by atomic mass is 32.1. The predicted octanol–water partition coefficient (Wildman–Crippen LogP) is 1.96. The highest BCUT2D eigenvalue weighted by molar-refractivity contribution is 7.17. The number of anilines is 1. The van der Waals surface area contributed by atoms with Crippen LogP contribution in [-0.2, 0) is 6.54 Å². The Morgan fingerprint density at radius 3 is 3.10 bits per heavy atom. The number of rotatable bonds is 2. The van der Waals surface area contributed by atoms with E-state index in [2.05, 4.69) is 32.5 Å². The molecule has 0 aliphatic heterocycles. The van der Waals surface area contributed by atoms with Crippen molar-refractivity contribution < 1.29 is 0 Å². The molecular formula is C14H11N5OS. The average Bonchev–Trinajstić information content (AvgIpc) is 3.05. The Balaban J connectivity index is 1.86. The Morgan fingerprint density at radius 2 is 2.19 bits per heavy atom. The maximum absolute atomic E-state index is 11.8. The van der Waals surface area contributed by atoms with Crippen LogP contribution in [0.5, 0.6) is 0 Å². The molecule has 4 aromatic rings. The van der Waals surface area contributed by atoms with Gasteiger partial charge in [-0.3, -0.25) is 9.78 Å². The number of benzene rings is 1. The Morgan fingerprint density at radius 1 is 1.33 bits per heavy atom. The molecule has 0 saturated heterocycles. The molecule has 6 nitrogen and oxygen atoms in total. The van der Waals surface area contributed by atoms with E-state index >= 15 is 0 Å². The van der Waals surface area contributed by atoms with Crippen LogP contribution in [0.4, 0.5) is 5.95 Å². The third kappa shape index (κ3) is 1.90. The lowest BCUT2D eigenvalue weighted by molar-refractivity contribution is 0.821. The molecule has 7 heteroatoms. The fourth-order valence-electron chi connectivity index (χ4n) is 2.43. The molecule has 0 amide bonds. The number of nitrogens with two attached hydrogens (primary N) is 1. The topological polar surface area (TPSA) is 89.6 Å². The molecule has 0 atom stereocenters. The normalized spacial score (nSPS) is 11.4. The molecule has 3 N–H and O–H groups in total. The average molecular weight is 297 g/mol. The first-order valence-electron chi connectivity index (χ1n) is 6.38. The van der Waals surface area contributed by atoms with Gasteiger partial charge in [-0.1, -0.05) is 18.2 Å². The van der Waals surface area contributed by atoms with Crippen LogP contribution >= 0.6 is 11.3 Å². The zero-order valence-corrected chi connectivity index (χ0v) is 11.7. The summed E-state index contributed by atoms with van der Waals surface area (Å²) in [6, 6.07) is 8.23. The quantitative estimate of drug-likeness (QED) is 0.592. The van der Waals surface area contributed by atoms with E-state index in [1.54, 1.807) is 17.7 Å². The number of imidazole rings is 1. The van der Waals surface area contributed by atoms with Crippen molar-refractivity contribution >= 4 is 38.5 Å². The lowest BCUT2D eigenvalue weighted by Gasteiger charge is -2.03.